The maximum atomic E-state index is 13.9. The molecule has 1 aromatic rings. The molecule has 1 rings (SSSR count). The van der Waals surface area contributed by atoms with Crippen molar-refractivity contribution in [3.63, 3.8) is 0 Å². The molecule has 0 spiro atoms. The number of nitriles is 1. The van der Waals surface area contributed by atoms with Crippen LogP contribution in [0.4, 0.5) is 4.39 Å². The fraction of sp³-hybridized carbons (Fsp3) is 0.500. The Morgan fingerprint density at radius 2 is 2.11 bits per heavy atom. The third-order valence-electron chi connectivity index (χ3n) is 2.36. The Bertz CT molecular complexity index is 446. The number of hydrogen-bond donors (Lipinski definition) is 1. The monoisotopic (exact) mass is 266 g/mol. The first kappa shape index (κ1) is 15.0. The van der Waals surface area contributed by atoms with E-state index in [2.05, 4.69) is 25.5 Å². The van der Waals surface area contributed by atoms with Gasteiger partial charge in [0.05, 0.1) is 12.5 Å². The molecule has 0 unspecified atom stereocenters. The van der Waals surface area contributed by atoms with Crippen molar-refractivity contribution in [3.05, 3.63) is 35.1 Å². The van der Waals surface area contributed by atoms with Crippen LogP contribution < -0.4 is 4.72 Å². The van der Waals surface area contributed by atoms with Crippen LogP contribution >= 0.6 is 11.9 Å². The van der Waals surface area contributed by atoms with Crippen LogP contribution in [0.2, 0.25) is 0 Å². The van der Waals surface area contributed by atoms with E-state index in [4.69, 9.17) is 5.26 Å². The molecule has 0 aliphatic carbocycles. The summed E-state index contributed by atoms with van der Waals surface area (Å²) in [5.41, 5.74) is 1.35. The number of nitrogens with one attached hydrogen (secondary N) is 1. The van der Waals surface area contributed by atoms with Gasteiger partial charge in [-0.25, -0.2) is 4.39 Å². The molecule has 0 saturated heterocycles. The molecule has 0 radical (unpaired) electrons. The number of halogens is 1. The van der Waals surface area contributed by atoms with Crippen molar-refractivity contribution < 1.29 is 4.39 Å². The second-order valence-corrected chi connectivity index (χ2v) is 6.91. The van der Waals surface area contributed by atoms with Gasteiger partial charge in [-0.1, -0.05) is 24.1 Å². The molecule has 1 N–H and O–H groups in total. The molecule has 0 heterocycles. The standard InChI is InChI=1S/C14H19FN2S/c1-10(17-18-14(2,3)4)12-6-5-11(7-8-16)9-13(12)15/h5-6,9-10,17H,7H2,1-4H3/t10-/m0/s1. The van der Waals surface area contributed by atoms with E-state index in [-0.39, 0.29) is 23.0 Å². The van der Waals surface area contributed by atoms with Gasteiger partial charge in [0.15, 0.2) is 0 Å². The van der Waals surface area contributed by atoms with E-state index in [1.807, 2.05) is 19.1 Å². The van der Waals surface area contributed by atoms with Crippen LogP contribution in [0.15, 0.2) is 18.2 Å². The van der Waals surface area contributed by atoms with Crippen molar-refractivity contribution in [2.24, 2.45) is 0 Å². The minimum atomic E-state index is -0.253. The number of benzene rings is 1. The Balaban J connectivity index is 2.75. The molecule has 0 amide bonds. The van der Waals surface area contributed by atoms with Crippen molar-refractivity contribution in [2.75, 3.05) is 0 Å². The number of nitrogens with zero attached hydrogens (tertiary/aromatic N) is 1. The Labute approximate surface area is 113 Å². The molecule has 1 atom stereocenters. The van der Waals surface area contributed by atoms with Crippen LogP contribution in [0.5, 0.6) is 0 Å². The number of hydrogen-bond acceptors (Lipinski definition) is 3. The highest BCUT2D eigenvalue weighted by atomic mass is 32.2. The van der Waals surface area contributed by atoms with Gasteiger partial charge < -0.3 is 0 Å². The zero-order chi connectivity index (χ0) is 13.8. The van der Waals surface area contributed by atoms with E-state index in [0.717, 1.165) is 5.56 Å². The van der Waals surface area contributed by atoms with E-state index in [1.54, 1.807) is 18.0 Å². The van der Waals surface area contributed by atoms with Crippen molar-refractivity contribution in [1.82, 2.24) is 4.72 Å². The maximum Gasteiger partial charge on any atom is 0.128 e. The minimum absolute atomic E-state index is 0.0645. The molecule has 98 valence electrons. The Kier molecular flexibility index (Phi) is 5.18. The molecular formula is C14H19FN2S. The van der Waals surface area contributed by atoms with Crippen molar-refractivity contribution >= 4 is 11.9 Å². The summed E-state index contributed by atoms with van der Waals surface area (Å²) in [5.74, 6) is -0.253. The Morgan fingerprint density at radius 3 is 2.61 bits per heavy atom. The second-order valence-electron chi connectivity index (χ2n) is 5.24. The predicted molar refractivity (Wildman–Crippen MR) is 74.6 cm³/mol. The summed E-state index contributed by atoms with van der Waals surface area (Å²) >= 11 is 1.59. The largest absolute Gasteiger partial charge is 0.256 e. The SMILES string of the molecule is C[C@H](NSC(C)(C)C)c1ccc(CC#N)cc1F. The highest BCUT2D eigenvalue weighted by Gasteiger charge is 2.16. The second kappa shape index (κ2) is 6.21. The lowest BCUT2D eigenvalue weighted by atomic mass is 10.0. The summed E-state index contributed by atoms with van der Waals surface area (Å²) in [5, 5.41) is 8.57. The summed E-state index contributed by atoms with van der Waals surface area (Å²) in [6, 6.07) is 6.96. The van der Waals surface area contributed by atoms with Gasteiger partial charge in [0.1, 0.15) is 5.82 Å². The normalized spacial score (nSPS) is 13.1. The molecule has 0 saturated carbocycles. The lowest BCUT2D eigenvalue weighted by Gasteiger charge is -2.22. The van der Waals surface area contributed by atoms with Crippen molar-refractivity contribution in [2.45, 2.75) is 44.9 Å². The first-order valence-electron chi connectivity index (χ1n) is 5.92. The van der Waals surface area contributed by atoms with E-state index < -0.39 is 0 Å². The van der Waals surface area contributed by atoms with E-state index in [1.165, 1.54) is 6.07 Å². The highest BCUT2D eigenvalue weighted by Crippen LogP contribution is 2.26. The molecule has 4 heteroatoms. The van der Waals surface area contributed by atoms with Crippen LogP contribution in [-0.2, 0) is 6.42 Å². The maximum absolute atomic E-state index is 13.9. The van der Waals surface area contributed by atoms with Gasteiger partial charge in [0.2, 0.25) is 0 Å². The van der Waals surface area contributed by atoms with Gasteiger partial charge >= 0.3 is 0 Å². The molecule has 0 aliphatic heterocycles. The lowest BCUT2D eigenvalue weighted by molar-refractivity contribution is 0.582. The van der Waals surface area contributed by atoms with Gasteiger partial charge in [-0.2, -0.15) is 5.26 Å². The summed E-state index contributed by atoms with van der Waals surface area (Å²) in [7, 11) is 0. The summed E-state index contributed by atoms with van der Waals surface area (Å²) in [4.78, 5) is 0. The fourth-order valence-electron chi connectivity index (χ4n) is 1.45. The zero-order valence-corrected chi connectivity index (χ0v) is 12.1. The predicted octanol–water partition coefficient (Wildman–Crippen LogP) is 3.99. The van der Waals surface area contributed by atoms with Crippen LogP contribution in [-0.4, -0.2) is 4.75 Å². The van der Waals surface area contributed by atoms with Crippen LogP contribution in [0.1, 0.15) is 44.9 Å². The van der Waals surface area contributed by atoms with Crippen LogP contribution in [0.3, 0.4) is 0 Å². The highest BCUT2D eigenvalue weighted by molar-refractivity contribution is 7.98. The Hall–Kier alpha value is -1.05. The molecule has 0 fully saturated rings. The van der Waals surface area contributed by atoms with Gasteiger partial charge in [0, 0.05) is 16.4 Å². The van der Waals surface area contributed by atoms with Gasteiger partial charge in [-0.05, 0) is 39.3 Å². The summed E-state index contributed by atoms with van der Waals surface area (Å²) in [6.45, 7) is 8.23. The molecule has 0 bridgehead atoms. The summed E-state index contributed by atoms with van der Waals surface area (Å²) < 4.78 is 17.2. The third-order valence-corrected chi connectivity index (χ3v) is 3.44. The average Bonchev–Trinajstić information content (AvgIpc) is 2.25. The van der Waals surface area contributed by atoms with Gasteiger partial charge in [-0.3, -0.25) is 4.72 Å². The van der Waals surface area contributed by atoms with Crippen molar-refractivity contribution in [1.29, 1.82) is 5.26 Å². The molecular weight excluding hydrogens is 247 g/mol. The van der Waals surface area contributed by atoms with Gasteiger partial charge in [0.25, 0.3) is 0 Å². The first-order chi connectivity index (χ1) is 8.33. The Morgan fingerprint density at radius 1 is 1.44 bits per heavy atom. The van der Waals surface area contributed by atoms with Crippen LogP contribution in [0, 0.1) is 17.1 Å². The molecule has 0 aliphatic rings. The topological polar surface area (TPSA) is 35.8 Å². The van der Waals surface area contributed by atoms with Crippen molar-refractivity contribution in [3.8, 4) is 6.07 Å². The molecule has 18 heavy (non-hydrogen) atoms. The smallest absolute Gasteiger partial charge is 0.128 e. The molecule has 1 aromatic carbocycles. The molecule has 0 aromatic heterocycles. The van der Waals surface area contributed by atoms with E-state index >= 15 is 0 Å². The fourth-order valence-corrected chi connectivity index (χ4v) is 2.11. The molecule has 2 nitrogen and oxygen atoms in total. The zero-order valence-electron chi connectivity index (χ0n) is 11.2. The lowest BCUT2D eigenvalue weighted by Crippen LogP contribution is -2.20. The van der Waals surface area contributed by atoms with E-state index in [9.17, 15) is 4.39 Å². The number of rotatable bonds is 4. The van der Waals surface area contributed by atoms with Gasteiger partial charge in [-0.15, -0.1) is 0 Å². The minimum Gasteiger partial charge on any atom is -0.256 e. The summed E-state index contributed by atoms with van der Waals surface area (Å²) in [6.07, 6.45) is 0.246. The van der Waals surface area contributed by atoms with Crippen LogP contribution in [0.25, 0.3) is 0 Å². The first-order valence-corrected chi connectivity index (χ1v) is 6.74. The third kappa shape index (κ3) is 4.67. The van der Waals surface area contributed by atoms with E-state index in [0.29, 0.717) is 5.56 Å². The average molecular weight is 266 g/mol. The quantitative estimate of drug-likeness (QED) is 0.837.